The first-order valence-corrected chi connectivity index (χ1v) is 10.3. The van der Waals surface area contributed by atoms with Crippen LogP contribution in [0, 0.1) is 0 Å². The van der Waals surface area contributed by atoms with Crippen LogP contribution in [-0.4, -0.2) is 67.1 Å². The first kappa shape index (κ1) is 22.4. The van der Waals surface area contributed by atoms with Crippen LogP contribution in [-0.2, 0) is 16.4 Å². The third kappa shape index (κ3) is 5.56. The predicted octanol–water partition coefficient (Wildman–Crippen LogP) is 1.21. The standard InChI is InChI=1S/C15H25F3N6O3S/c1-10(2)13-22-12(27-23-13)4-7-20-14(19-3)21-11-5-8-24(9-6-11)28(25,26)15(16,17)18/h10-11H,4-9H2,1-3H3,(H2,19,20,21). The van der Waals surface area contributed by atoms with E-state index in [1.165, 1.54) is 0 Å². The maximum atomic E-state index is 12.6. The third-order valence-electron chi connectivity index (χ3n) is 4.28. The number of hydrogen-bond acceptors (Lipinski definition) is 6. The summed E-state index contributed by atoms with van der Waals surface area (Å²) in [7, 11) is -3.70. The molecule has 0 atom stereocenters. The quantitative estimate of drug-likeness (QED) is 0.519. The number of halogens is 3. The van der Waals surface area contributed by atoms with Crippen LogP contribution in [0.25, 0.3) is 0 Å². The molecule has 1 fully saturated rings. The van der Waals surface area contributed by atoms with Crippen LogP contribution in [0.15, 0.2) is 9.52 Å². The topological polar surface area (TPSA) is 113 Å². The van der Waals surface area contributed by atoms with Gasteiger partial charge in [0.2, 0.25) is 5.89 Å². The Morgan fingerprint density at radius 2 is 2.00 bits per heavy atom. The molecule has 160 valence electrons. The molecule has 1 aromatic heterocycles. The number of nitrogens with zero attached hydrogens (tertiary/aromatic N) is 4. The Morgan fingerprint density at radius 3 is 2.50 bits per heavy atom. The van der Waals surface area contributed by atoms with E-state index >= 15 is 0 Å². The molecule has 0 radical (unpaired) electrons. The lowest BCUT2D eigenvalue weighted by atomic mass is 10.1. The van der Waals surface area contributed by atoms with E-state index in [1.54, 1.807) is 7.05 Å². The van der Waals surface area contributed by atoms with Crippen molar-refractivity contribution in [1.29, 1.82) is 0 Å². The van der Waals surface area contributed by atoms with Crippen molar-refractivity contribution in [3.63, 3.8) is 0 Å². The van der Waals surface area contributed by atoms with Gasteiger partial charge in [0.15, 0.2) is 11.8 Å². The Labute approximate surface area is 161 Å². The van der Waals surface area contributed by atoms with E-state index in [9.17, 15) is 21.6 Å². The summed E-state index contributed by atoms with van der Waals surface area (Å²) in [5.74, 6) is 1.78. The molecule has 1 aliphatic heterocycles. The molecule has 1 saturated heterocycles. The van der Waals surface area contributed by atoms with Gasteiger partial charge in [0.25, 0.3) is 0 Å². The largest absolute Gasteiger partial charge is 0.511 e. The number of sulfonamides is 1. The van der Waals surface area contributed by atoms with Crippen LogP contribution in [0.2, 0.25) is 0 Å². The molecule has 0 bridgehead atoms. The van der Waals surface area contributed by atoms with Gasteiger partial charge in [-0.15, -0.1) is 0 Å². The maximum Gasteiger partial charge on any atom is 0.511 e. The molecule has 0 aromatic carbocycles. The zero-order valence-corrected chi connectivity index (χ0v) is 16.8. The fourth-order valence-corrected chi connectivity index (χ4v) is 3.65. The molecule has 0 unspecified atom stereocenters. The lowest BCUT2D eigenvalue weighted by molar-refractivity contribution is -0.0494. The van der Waals surface area contributed by atoms with E-state index in [0.717, 1.165) is 0 Å². The highest BCUT2D eigenvalue weighted by atomic mass is 32.2. The monoisotopic (exact) mass is 426 g/mol. The van der Waals surface area contributed by atoms with Gasteiger partial charge in [0.1, 0.15) is 0 Å². The summed E-state index contributed by atoms with van der Waals surface area (Å²) in [6, 6.07) is -0.179. The van der Waals surface area contributed by atoms with Crippen molar-refractivity contribution in [1.82, 2.24) is 25.1 Å². The summed E-state index contributed by atoms with van der Waals surface area (Å²) in [4.78, 5) is 8.34. The molecule has 0 saturated carbocycles. The summed E-state index contributed by atoms with van der Waals surface area (Å²) in [6.45, 7) is 4.00. The summed E-state index contributed by atoms with van der Waals surface area (Å²) in [6.07, 6.45) is 0.984. The summed E-state index contributed by atoms with van der Waals surface area (Å²) < 4.78 is 66.3. The fourth-order valence-electron chi connectivity index (χ4n) is 2.67. The summed E-state index contributed by atoms with van der Waals surface area (Å²) in [5, 5.41) is 10.0. The number of guanidine groups is 1. The normalized spacial score (nSPS) is 17.9. The predicted molar refractivity (Wildman–Crippen MR) is 96.2 cm³/mol. The smallest absolute Gasteiger partial charge is 0.356 e. The Hall–Kier alpha value is -1.89. The number of alkyl halides is 3. The van der Waals surface area contributed by atoms with Crippen molar-refractivity contribution >= 4 is 16.0 Å². The van der Waals surface area contributed by atoms with Crippen molar-refractivity contribution in [3.05, 3.63) is 11.7 Å². The van der Waals surface area contributed by atoms with E-state index in [4.69, 9.17) is 4.52 Å². The Kier molecular flexibility index (Phi) is 7.26. The van der Waals surface area contributed by atoms with Crippen molar-refractivity contribution in [2.45, 2.75) is 50.6 Å². The zero-order valence-electron chi connectivity index (χ0n) is 16.0. The summed E-state index contributed by atoms with van der Waals surface area (Å²) >= 11 is 0. The number of hydrogen-bond donors (Lipinski definition) is 2. The van der Waals surface area contributed by atoms with Gasteiger partial charge >= 0.3 is 15.5 Å². The van der Waals surface area contributed by atoms with Crippen molar-refractivity contribution in [2.75, 3.05) is 26.7 Å². The second kappa shape index (κ2) is 9.07. The molecule has 0 spiro atoms. The number of piperidine rings is 1. The average Bonchev–Trinajstić information content (AvgIpc) is 3.09. The lowest BCUT2D eigenvalue weighted by Crippen LogP contribution is -2.51. The lowest BCUT2D eigenvalue weighted by Gasteiger charge is -2.32. The molecule has 9 nitrogen and oxygen atoms in total. The van der Waals surface area contributed by atoms with Gasteiger partial charge in [-0.25, -0.2) is 8.42 Å². The van der Waals surface area contributed by atoms with E-state index in [2.05, 4.69) is 25.8 Å². The Balaban J connectivity index is 1.78. The van der Waals surface area contributed by atoms with E-state index < -0.39 is 15.5 Å². The van der Waals surface area contributed by atoms with Crippen LogP contribution in [0.3, 0.4) is 0 Å². The van der Waals surface area contributed by atoms with Crippen molar-refractivity contribution in [2.24, 2.45) is 4.99 Å². The number of nitrogens with one attached hydrogen (secondary N) is 2. The highest BCUT2D eigenvalue weighted by Gasteiger charge is 2.50. The number of aliphatic imine (C=N–C) groups is 1. The molecule has 2 heterocycles. The van der Waals surface area contributed by atoms with Gasteiger partial charge in [-0.1, -0.05) is 19.0 Å². The van der Waals surface area contributed by atoms with E-state index in [-0.39, 0.29) is 37.9 Å². The average molecular weight is 426 g/mol. The second-order valence-corrected chi connectivity index (χ2v) is 8.65. The van der Waals surface area contributed by atoms with Crippen LogP contribution in [0.4, 0.5) is 13.2 Å². The highest BCUT2D eigenvalue weighted by molar-refractivity contribution is 7.90. The van der Waals surface area contributed by atoms with Crippen LogP contribution >= 0.6 is 0 Å². The Morgan fingerprint density at radius 1 is 1.36 bits per heavy atom. The molecule has 2 N–H and O–H groups in total. The minimum absolute atomic E-state index is 0.173. The molecule has 28 heavy (non-hydrogen) atoms. The molecule has 2 rings (SSSR count). The SMILES string of the molecule is CN=C(NCCc1nc(C(C)C)no1)NC1CCN(S(=O)(=O)C(F)(F)F)CC1. The van der Waals surface area contributed by atoms with Gasteiger partial charge in [-0.2, -0.15) is 22.5 Å². The van der Waals surface area contributed by atoms with Gasteiger partial charge in [0.05, 0.1) is 0 Å². The van der Waals surface area contributed by atoms with Crippen LogP contribution in [0.5, 0.6) is 0 Å². The molecule has 0 aliphatic carbocycles. The molecule has 1 aromatic rings. The van der Waals surface area contributed by atoms with Crippen LogP contribution in [0.1, 0.15) is 44.3 Å². The minimum Gasteiger partial charge on any atom is -0.356 e. The molecule has 1 aliphatic rings. The van der Waals surface area contributed by atoms with E-state index in [0.29, 0.717) is 34.9 Å². The number of aromatic nitrogens is 2. The highest BCUT2D eigenvalue weighted by Crippen LogP contribution is 2.28. The molecule has 0 amide bonds. The maximum absolute atomic E-state index is 12.6. The second-order valence-electron chi connectivity index (χ2n) is 6.72. The summed E-state index contributed by atoms with van der Waals surface area (Å²) in [5.41, 5.74) is -5.27. The number of rotatable bonds is 6. The first-order chi connectivity index (χ1) is 13.0. The van der Waals surface area contributed by atoms with Gasteiger partial charge in [0, 0.05) is 45.1 Å². The van der Waals surface area contributed by atoms with Crippen LogP contribution < -0.4 is 10.6 Å². The van der Waals surface area contributed by atoms with E-state index in [1.807, 2.05) is 13.8 Å². The minimum atomic E-state index is -5.27. The third-order valence-corrected chi connectivity index (χ3v) is 5.91. The van der Waals surface area contributed by atoms with Gasteiger partial charge in [-0.3, -0.25) is 4.99 Å². The zero-order chi connectivity index (χ0) is 20.9. The van der Waals surface area contributed by atoms with Gasteiger partial charge < -0.3 is 15.2 Å². The molecular weight excluding hydrogens is 401 g/mol. The molecule has 13 heteroatoms. The first-order valence-electron chi connectivity index (χ1n) is 8.90. The Bertz CT molecular complexity index is 770. The molecular formula is C15H25F3N6O3S. The van der Waals surface area contributed by atoms with Crippen molar-refractivity contribution in [3.8, 4) is 0 Å². The van der Waals surface area contributed by atoms with Gasteiger partial charge in [-0.05, 0) is 12.8 Å². The van der Waals surface area contributed by atoms with Crippen molar-refractivity contribution < 1.29 is 26.1 Å². The fraction of sp³-hybridized carbons (Fsp3) is 0.800.